The monoisotopic (exact) mass is 352 g/mol. The minimum absolute atomic E-state index is 0.222. The number of imidazole rings is 1. The Hall–Kier alpha value is -3.62. The van der Waals surface area contributed by atoms with Crippen molar-refractivity contribution in [2.24, 2.45) is 14.1 Å². The molecule has 0 spiro atoms. The van der Waals surface area contributed by atoms with Crippen molar-refractivity contribution in [2.75, 3.05) is 0 Å². The Kier molecular flexibility index (Phi) is 3.50. The number of allylic oxidation sites excluding steroid dienone is 1. The van der Waals surface area contributed by atoms with Crippen molar-refractivity contribution in [3.63, 3.8) is 0 Å². The van der Waals surface area contributed by atoms with E-state index in [0.717, 1.165) is 10.1 Å². The van der Waals surface area contributed by atoms with E-state index in [1.54, 1.807) is 4.57 Å². The summed E-state index contributed by atoms with van der Waals surface area (Å²) in [4.78, 5) is 37.1. The lowest BCUT2D eigenvalue weighted by molar-refractivity contribution is 0.700. The molecule has 132 valence electrons. The van der Waals surface area contributed by atoms with Crippen molar-refractivity contribution in [3.8, 4) is 0 Å². The molecule has 1 N–H and O–H groups in total. The quantitative estimate of drug-likeness (QED) is 0.565. The highest BCUT2D eigenvalue weighted by Crippen LogP contribution is 2.13. The summed E-state index contributed by atoms with van der Waals surface area (Å²) in [6.45, 7) is 0.319. The summed E-state index contributed by atoms with van der Waals surface area (Å²) in [6, 6.07) is 9.72. The van der Waals surface area contributed by atoms with E-state index in [0.29, 0.717) is 6.54 Å². The number of aryl methyl sites for hydroxylation is 1. The fraction of sp³-hybridized carbons (Fsp3) is 0.176. The molecule has 0 saturated carbocycles. The van der Waals surface area contributed by atoms with Crippen molar-refractivity contribution in [1.29, 1.82) is 0 Å². The Morgan fingerprint density at radius 3 is 2.54 bits per heavy atom. The highest BCUT2D eigenvalue weighted by atomic mass is 16.2. The van der Waals surface area contributed by atoms with Gasteiger partial charge in [0.25, 0.3) is 5.56 Å². The molecule has 0 aliphatic rings. The van der Waals surface area contributed by atoms with Gasteiger partial charge in [0.2, 0.25) is 5.78 Å². The average Bonchev–Trinajstić information content (AvgIpc) is 3.18. The normalized spacial score (nSPS) is 11.9. The molecule has 26 heavy (non-hydrogen) atoms. The number of aromatic nitrogens is 6. The lowest BCUT2D eigenvalue weighted by Crippen LogP contribution is -2.38. The van der Waals surface area contributed by atoms with Crippen LogP contribution in [0.4, 0.5) is 0 Å². The number of aromatic amines is 1. The Bertz CT molecular complexity index is 1330. The van der Waals surface area contributed by atoms with Crippen molar-refractivity contribution in [3.05, 3.63) is 73.3 Å². The van der Waals surface area contributed by atoms with Gasteiger partial charge in [-0.15, -0.1) is 5.10 Å². The van der Waals surface area contributed by atoms with E-state index in [4.69, 9.17) is 0 Å². The molecule has 3 aromatic heterocycles. The largest absolute Gasteiger partial charge is 0.350 e. The van der Waals surface area contributed by atoms with Gasteiger partial charge in [0, 0.05) is 20.6 Å². The summed E-state index contributed by atoms with van der Waals surface area (Å²) in [7, 11) is 2.93. The Morgan fingerprint density at radius 1 is 1.08 bits per heavy atom. The van der Waals surface area contributed by atoms with Gasteiger partial charge in [-0.05, 0) is 5.56 Å². The summed E-state index contributed by atoms with van der Waals surface area (Å²) in [6.07, 6.45) is 3.79. The number of fused-ring (bicyclic) bond motifs is 3. The highest BCUT2D eigenvalue weighted by Gasteiger charge is 2.21. The van der Waals surface area contributed by atoms with E-state index in [1.807, 2.05) is 42.5 Å². The molecule has 9 heteroatoms. The fourth-order valence-electron chi connectivity index (χ4n) is 3.10. The third kappa shape index (κ3) is 2.17. The van der Waals surface area contributed by atoms with E-state index in [-0.39, 0.29) is 16.9 Å². The van der Waals surface area contributed by atoms with E-state index in [9.17, 15) is 14.4 Å². The molecule has 0 atom stereocenters. The van der Waals surface area contributed by atoms with Gasteiger partial charge >= 0.3 is 11.4 Å². The summed E-state index contributed by atoms with van der Waals surface area (Å²) >= 11 is 0. The summed E-state index contributed by atoms with van der Waals surface area (Å²) < 4.78 is 5.16. The average molecular weight is 352 g/mol. The van der Waals surface area contributed by atoms with Gasteiger partial charge in [0.05, 0.1) is 0 Å². The summed E-state index contributed by atoms with van der Waals surface area (Å²) in [5.41, 5.74) is 0.00945. The van der Waals surface area contributed by atoms with E-state index >= 15 is 0 Å². The zero-order chi connectivity index (χ0) is 18.4. The zero-order valence-electron chi connectivity index (χ0n) is 14.2. The van der Waals surface area contributed by atoms with Crippen LogP contribution in [0.1, 0.15) is 5.56 Å². The number of nitrogens with zero attached hydrogens (tertiary/aromatic N) is 5. The molecular formula is C17H16N6O3. The molecule has 0 radical (unpaired) electrons. The van der Waals surface area contributed by atoms with Crippen molar-refractivity contribution in [2.45, 2.75) is 6.54 Å². The molecule has 0 saturated heterocycles. The van der Waals surface area contributed by atoms with Crippen LogP contribution in [-0.2, 0) is 20.6 Å². The van der Waals surface area contributed by atoms with Gasteiger partial charge < -0.3 is 0 Å². The minimum atomic E-state index is -0.505. The topological polar surface area (TPSA) is 99.1 Å². The first-order valence-corrected chi connectivity index (χ1v) is 7.97. The van der Waals surface area contributed by atoms with Gasteiger partial charge in [-0.3, -0.25) is 18.5 Å². The number of H-pyrrole nitrogens is 1. The molecule has 3 heterocycles. The number of benzene rings is 1. The fourth-order valence-corrected chi connectivity index (χ4v) is 3.10. The van der Waals surface area contributed by atoms with Gasteiger partial charge in [0.1, 0.15) is 0 Å². The van der Waals surface area contributed by atoms with Crippen molar-refractivity contribution < 1.29 is 0 Å². The smallest absolute Gasteiger partial charge is 0.298 e. The van der Waals surface area contributed by atoms with E-state index in [2.05, 4.69) is 10.2 Å². The maximum absolute atomic E-state index is 12.7. The van der Waals surface area contributed by atoms with Crippen LogP contribution in [0.5, 0.6) is 0 Å². The lowest BCUT2D eigenvalue weighted by atomic mass is 10.2. The first kappa shape index (κ1) is 15.9. The molecular weight excluding hydrogens is 336 g/mol. The predicted octanol–water partition coefficient (Wildman–Crippen LogP) is 0.0881. The highest BCUT2D eigenvalue weighted by molar-refractivity contribution is 5.76. The SMILES string of the molecule is Cn1c(=O)c2c(n(C)c1=O)n1c(=O)[nH]nc1n2CC=Cc1ccccc1. The maximum Gasteiger partial charge on any atom is 0.350 e. The molecule has 0 aliphatic carbocycles. The Balaban J connectivity index is 1.99. The Morgan fingerprint density at radius 2 is 1.81 bits per heavy atom. The number of rotatable bonds is 3. The number of hydrogen-bond acceptors (Lipinski definition) is 4. The van der Waals surface area contributed by atoms with Crippen LogP contribution in [0.15, 0.2) is 50.8 Å². The first-order chi connectivity index (χ1) is 12.5. The maximum atomic E-state index is 12.7. The van der Waals surface area contributed by atoms with Crippen LogP contribution in [0.2, 0.25) is 0 Å². The molecule has 0 bridgehead atoms. The van der Waals surface area contributed by atoms with Crippen LogP contribution in [-0.4, -0.2) is 28.3 Å². The molecule has 0 aliphatic heterocycles. The Labute approximate surface area is 146 Å². The molecule has 0 amide bonds. The third-order valence-corrected chi connectivity index (χ3v) is 4.39. The molecule has 4 aromatic rings. The van der Waals surface area contributed by atoms with Crippen LogP contribution in [0.3, 0.4) is 0 Å². The van der Waals surface area contributed by atoms with Gasteiger partial charge in [-0.25, -0.2) is 19.1 Å². The van der Waals surface area contributed by atoms with Crippen LogP contribution < -0.4 is 16.9 Å². The molecule has 4 rings (SSSR count). The summed E-state index contributed by atoms with van der Waals surface area (Å²) in [5, 5.41) is 6.38. The van der Waals surface area contributed by atoms with E-state index in [1.165, 1.54) is 23.1 Å². The van der Waals surface area contributed by atoms with Gasteiger partial charge in [-0.1, -0.05) is 42.5 Å². The second-order valence-corrected chi connectivity index (χ2v) is 5.97. The second-order valence-electron chi connectivity index (χ2n) is 5.97. The van der Waals surface area contributed by atoms with Gasteiger partial charge in [-0.2, -0.15) is 0 Å². The van der Waals surface area contributed by atoms with Crippen LogP contribution in [0.25, 0.3) is 23.0 Å². The third-order valence-electron chi connectivity index (χ3n) is 4.39. The number of nitrogens with one attached hydrogen (secondary N) is 1. The first-order valence-electron chi connectivity index (χ1n) is 7.97. The molecule has 9 nitrogen and oxygen atoms in total. The minimum Gasteiger partial charge on any atom is -0.298 e. The van der Waals surface area contributed by atoms with Crippen LogP contribution >= 0.6 is 0 Å². The van der Waals surface area contributed by atoms with E-state index < -0.39 is 16.9 Å². The lowest BCUT2D eigenvalue weighted by Gasteiger charge is -2.05. The summed E-state index contributed by atoms with van der Waals surface area (Å²) in [5.74, 6) is 0.279. The van der Waals surface area contributed by atoms with Crippen molar-refractivity contribution in [1.82, 2.24) is 28.3 Å². The number of hydrogen-bond donors (Lipinski definition) is 1. The molecule has 1 aromatic carbocycles. The van der Waals surface area contributed by atoms with Crippen molar-refractivity contribution >= 4 is 23.0 Å². The zero-order valence-corrected chi connectivity index (χ0v) is 14.2. The second kappa shape index (κ2) is 5.73. The standard InChI is InChI=1S/C17H16N6O3/c1-20-13-12(14(24)21(2)17(20)26)22(15-18-19-16(25)23(13)15)10-6-9-11-7-4-3-5-8-11/h3-9H,10H2,1-2H3,(H,19,25). The predicted molar refractivity (Wildman–Crippen MR) is 97.3 cm³/mol. The molecule has 0 unspecified atom stereocenters. The van der Waals surface area contributed by atoms with Crippen LogP contribution in [0, 0.1) is 0 Å². The molecule has 0 fully saturated rings. The van der Waals surface area contributed by atoms with Gasteiger partial charge in [0.15, 0.2) is 11.2 Å².